The monoisotopic (exact) mass is 345 g/mol. The number of carboxylic acid groups (broad SMARTS) is 1. The van der Waals surface area contributed by atoms with Crippen LogP contribution in [0.25, 0.3) is 0 Å². The molecule has 0 radical (unpaired) electrons. The number of amides is 1. The van der Waals surface area contributed by atoms with Crippen molar-refractivity contribution in [2.45, 2.75) is 32.7 Å². The Labute approximate surface area is 144 Å². The van der Waals surface area contributed by atoms with Crippen LogP contribution in [-0.2, 0) is 0 Å². The predicted octanol–water partition coefficient (Wildman–Crippen LogP) is 2.81. The van der Waals surface area contributed by atoms with Crippen molar-refractivity contribution in [2.24, 2.45) is 0 Å². The highest BCUT2D eigenvalue weighted by atomic mass is 19.1. The summed E-state index contributed by atoms with van der Waals surface area (Å²) in [4.78, 5) is 25.5. The van der Waals surface area contributed by atoms with Crippen LogP contribution in [0.3, 0.4) is 0 Å². The van der Waals surface area contributed by atoms with Crippen LogP contribution in [-0.4, -0.2) is 44.8 Å². The van der Waals surface area contributed by atoms with Crippen LogP contribution in [0, 0.1) is 19.7 Å². The Morgan fingerprint density at radius 3 is 2.48 bits per heavy atom. The standard InChI is InChI=1S/C18H20FN3O3/c1-11-3-4-13(19)9-15(11)17(23)21-7-5-14(6-8-21)22-12(2)16(10-20-22)18(24)25/h3-4,9-10,14H,5-8H2,1-2H3,(H,24,25). The number of nitrogens with zero attached hydrogens (tertiary/aromatic N) is 3. The fourth-order valence-corrected chi connectivity index (χ4v) is 3.31. The SMILES string of the molecule is Cc1ccc(F)cc1C(=O)N1CCC(n2ncc(C(=O)O)c2C)CC1. The Kier molecular flexibility index (Phi) is 4.57. The molecule has 2 aromatic rings. The van der Waals surface area contributed by atoms with E-state index in [4.69, 9.17) is 5.11 Å². The zero-order valence-electron chi connectivity index (χ0n) is 14.2. The summed E-state index contributed by atoms with van der Waals surface area (Å²) in [7, 11) is 0. The first kappa shape index (κ1) is 17.1. The van der Waals surface area contributed by atoms with Crippen molar-refractivity contribution in [3.05, 3.63) is 52.6 Å². The molecule has 0 atom stereocenters. The Bertz CT molecular complexity index is 823. The summed E-state index contributed by atoms with van der Waals surface area (Å²) in [5, 5.41) is 13.3. The highest BCUT2D eigenvalue weighted by molar-refractivity contribution is 5.95. The number of carbonyl (C=O) groups excluding carboxylic acids is 1. The number of piperidine rings is 1. The second-order valence-electron chi connectivity index (χ2n) is 6.38. The molecule has 1 aliphatic heterocycles. The third-order valence-electron chi connectivity index (χ3n) is 4.80. The highest BCUT2D eigenvalue weighted by Gasteiger charge is 2.27. The minimum Gasteiger partial charge on any atom is -0.478 e. The van der Waals surface area contributed by atoms with E-state index in [9.17, 15) is 14.0 Å². The van der Waals surface area contributed by atoms with Crippen molar-refractivity contribution in [2.75, 3.05) is 13.1 Å². The van der Waals surface area contributed by atoms with Crippen molar-refractivity contribution in [3.8, 4) is 0 Å². The van der Waals surface area contributed by atoms with Crippen molar-refractivity contribution in [3.63, 3.8) is 0 Å². The third kappa shape index (κ3) is 3.26. The van der Waals surface area contributed by atoms with Gasteiger partial charge >= 0.3 is 5.97 Å². The summed E-state index contributed by atoms with van der Waals surface area (Å²) < 4.78 is 15.2. The predicted molar refractivity (Wildman–Crippen MR) is 89.2 cm³/mol. The van der Waals surface area contributed by atoms with Gasteiger partial charge in [-0.1, -0.05) is 6.07 Å². The fourth-order valence-electron chi connectivity index (χ4n) is 3.31. The molecular weight excluding hydrogens is 325 g/mol. The summed E-state index contributed by atoms with van der Waals surface area (Å²) >= 11 is 0. The van der Waals surface area contributed by atoms with Crippen LogP contribution in [0.15, 0.2) is 24.4 Å². The number of benzene rings is 1. The van der Waals surface area contributed by atoms with Crippen molar-refractivity contribution in [1.29, 1.82) is 0 Å². The first-order valence-electron chi connectivity index (χ1n) is 8.21. The van der Waals surface area contributed by atoms with Gasteiger partial charge in [-0.05, 0) is 44.4 Å². The molecule has 1 amide bonds. The quantitative estimate of drug-likeness (QED) is 0.928. The van der Waals surface area contributed by atoms with Crippen LogP contribution < -0.4 is 0 Å². The molecule has 0 bridgehead atoms. The van der Waals surface area contributed by atoms with E-state index < -0.39 is 11.8 Å². The molecule has 1 aromatic carbocycles. The van der Waals surface area contributed by atoms with Gasteiger partial charge in [-0.15, -0.1) is 0 Å². The molecule has 0 spiro atoms. The maximum Gasteiger partial charge on any atom is 0.339 e. The van der Waals surface area contributed by atoms with E-state index in [1.807, 2.05) is 0 Å². The van der Waals surface area contributed by atoms with Crippen LogP contribution in [0.5, 0.6) is 0 Å². The number of hydrogen-bond donors (Lipinski definition) is 1. The van der Waals surface area contributed by atoms with Gasteiger partial charge in [-0.25, -0.2) is 9.18 Å². The Morgan fingerprint density at radius 1 is 1.20 bits per heavy atom. The zero-order chi connectivity index (χ0) is 18.1. The molecule has 1 aromatic heterocycles. The average molecular weight is 345 g/mol. The summed E-state index contributed by atoms with van der Waals surface area (Å²) in [5.41, 5.74) is 1.97. The van der Waals surface area contributed by atoms with Crippen LogP contribution in [0.1, 0.15) is 50.9 Å². The highest BCUT2D eigenvalue weighted by Crippen LogP contribution is 2.26. The molecule has 6 nitrogen and oxygen atoms in total. The summed E-state index contributed by atoms with van der Waals surface area (Å²) in [6, 6.07) is 4.29. The molecule has 25 heavy (non-hydrogen) atoms. The lowest BCUT2D eigenvalue weighted by molar-refractivity contribution is 0.0687. The Balaban J connectivity index is 1.71. The van der Waals surface area contributed by atoms with Gasteiger partial charge in [0.25, 0.3) is 5.91 Å². The van der Waals surface area contributed by atoms with Gasteiger partial charge in [0.2, 0.25) is 0 Å². The van der Waals surface area contributed by atoms with E-state index >= 15 is 0 Å². The molecule has 1 fully saturated rings. The molecule has 7 heteroatoms. The maximum absolute atomic E-state index is 13.4. The van der Waals surface area contributed by atoms with E-state index in [-0.39, 0.29) is 17.5 Å². The smallest absolute Gasteiger partial charge is 0.339 e. The molecule has 3 rings (SSSR count). The van der Waals surface area contributed by atoms with Crippen molar-refractivity contribution in [1.82, 2.24) is 14.7 Å². The number of likely N-dealkylation sites (tertiary alicyclic amines) is 1. The van der Waals surface area contributed by atoms with Gasteiger partial charge in [0.1, 0.15) is 11.4 Å². The van der Waals surface area contributed by atoms with Crippen LogP contribution in [0.2, 0.25) is 0 Å². The largest absolute Gasteiger partial charge is 0.478 e. The van der Waals surface area contributed by atoms with Gasteiger partial charge in [0, 0.05) is 18.7 Å². The number of carboxylic acids is 1. The number of aromatic carboxylic acids is 1. The summed E-state index contributed by atoms with van der Waals surface area (Å²) in [5.74, 6) is -1.57. The van der Waals surface area contributed by atoms with E-state index in [1.165, 1.54) is 18.3 Å². The van der Waals surface area contributed by atoms with Crippen molar-refractivity contribution >= 4 is 11.9 Å². The normalized spacial score (nSPS) is 15.4. The molecule has 132 valence electrons. The number of aryl methyl sites for hydroxylation is 1. The van der Waals surface area contributed by atoms with Crippen LogP contribution in [0.4, 0.5) is 4.39 Å². The molecule has 2 heterocycles. The number of hydrogen-bond acceptors (Lipinski definition) is 3. The van der Waals surface area contributed by atoms with Crippen molar-refractivity contribution < 1.29 is 19.1 Å². The lowest BCUT2D eigenvalue weighted by atomic mass is 10.0. The Morgan fingerprint density at radius 2 is 1.88 bits per heavy atom. The van der Waals surface area contributed by atoms with E-state index in [1.54, 1.807) is 29.5 Å². The first-order valence-corrected chi connectivity index (χ1v) is 8.21. The fraction of sp³-hybridized carbons (Fsp3) is 0.389. The second kappa shape index (κ2) is 6.66. The van der Waals surface area contributed by atoms with Crippen LogP contribution >= 0.6 is 0 Å². The lowest BCUT2D eigenvalue weighted by Crippen LogP contribution is -2.39. The molecule has 1 saturated heterocycles. The topological polar surface area (TPSA) is 75.4 Å². The van der Waals surface area contributed by atoms with Gasteiger partial charge in [0.05, 0.1) is 17.9 Å². The number of aromatic nitrogens is 2. The molecule has 0 saturated carbocycles. The van der Waals surface area contributed by atoms with Gasteiger partial charge in [-0.2, -0.15) is 5.10 Å². The number of carbonyl (C=O) groups is 2. The van der Waals surface area contributed by atoms with Gasteiger partial charge in [-0.3, -0.25) is 9.48 Å². The molecule has 0 aliphatic carbocycles. The van der Waals surface area contributed by atoms with E-state index in [0.717, 1.165) is 5.56 Å². The minimum atomic E-state index is -0.988. The summed E-state index contributed by atoms with van der Waals surface area (Å²) in [6.45, 7) is 4.59. The van der Waals surface area contributed by atoms with Gasteiger partial charge in [0.15, 0.2) is 0 Å². The van der Waals surface area contributed by atoms with Gasteiger partial charge < -0.3 is 10.0 Å². The first-order chi connectivity index (χ1) is 11.9. The lowest BCUT2D eigenvalue weighted by Gasteiger charge is -2.33. The number of rotatable bonds is 3. The Hall–Kier alpha value is -2.70. The molecule has 1 aliphatic rings. The molecular formula is C18H20FN3O3. The summed E-state index contributed by atoms with van der Waals surface area (Å²) in [6.07, 6.45) is 2.73. The molecule has 0 unspecified atom stereocenters. The maximum atomic E-state index is 13.4. The average Bonchev–Trinajstić information content (AvgIpc) is 2.98. The number of halogens is 1. The minimum absolute atomic E-state index is 0.0609. The zero-order valence-corrected chi connectivity index (χ0v) is 14.2. The van der Waals surface area contributed by atoms with E-state index in [2.05, 4.69) is 5.10 Å². The third-order valence-corrected chi connectivity index (χ3v) is 4.80. The second-order valence-corrected chi connectivity index (χ2v) is 6.38. The van der Waals surface area contributed by atoms with E-state index in [0.29, 0.717) is 37.2 Å². The molecule has 1 N–H and O–H groups in total.